The maximum Gasteiger partial charge on any atom is 0.178 e. The van der Waals surface area contributed by atoms with Gasteiger partial charge >= 0.3 is 0 Å². The Kier molecular flexibility index (Phi) is 3.09. The van der Waals surface area contributed by atoms with Crippen LogP contribution in [0.5, 0.6) is 0 Å². The van der Waals surface area contributed by atoms with E-state index in [0.717, 1.165) is 22.3 Å². The number of aromatic amines is 1. The molecule has 3 aromatic carbocycles. The van der Waals surface area contributed by atoms with E-state index in [0.29, 0.717) is 0 Å². The average molecular weight is 304 g/mol. The molecule has 0 unspecified atom stereocenters. The molecule has 0 radical (unpaired) electrons. The van der Waals surface area contributed by atoms with Gasteiger partial charge in [0.2, 0.25) is 0 Å². The van der Waals surface area contributed by atoms with Crippen molar-refractivity contribution < 1.29 is 0 Å². The van der Waals surface area contributed by atoms with Gasteiger partial charge in [0.15, 0.2) is 4.77 Å². The minimum atomic E-state index is 0.772. The lowest BCUT2D eigenvalue weighted by Crippen LogP contribution is -2.00. The molecule has 3 heteroatoms. The summed E-state index contributed by atoms with van der Waals surface area (Å²) < 4.78 is 2.95. The van der Waals surface area contributed by atoms with Crippen molar-refractivity contribution in [3.05, 3.63) is 76.6 Å². The second-order valence-corrected chi connectivity index (χ2v) is 6.06. The van der Waals surface area contributed by atoms with E-state index in [1.54, 1.807) is 0 Å². The van der Waals surface area contributed by atoms with E-state index in [2.05, 4.69) is 77.1 Å². The Morgan fingerprint density at radius 1 is 1.00 bits per heavy atom. The third-order valence-corrected chi connectivity index (χ3v) is 4.46. The van der Waals surface area contributed by atoms with Gasteiger partial charge in [-0.3, -0.25) is 0 Å². The summed E-state index contributed by atoms with van der Waals surface area (Å²) in [5, 5.41) is 2.55. The van der Waals surface area contributed by atoms with Gasteiger partial charge in [0.25, 0.3) is 0 Å². The van der Waals surface area contributed by atoms with Crippen molar-refractivity contribution in [3.63, 3.8) is 0 Å². The summed E-state index contributed by atoms with van der Waals surface area (Å²) in [5.41, 5.74) is 4.79. The SMILES string of the molecule is Cc1ccc2[nH]c(=S)n(Cc3cccc4ccccc34)c2c1. The largest absolute Gasteiger partial charge is 0.331 e. The van der Waals surface area contributed by atoms with Gasteiger partial charge in [-0.05, 0) is 53.2 Å². The van der Waals surface area contributed by atoms with Crippen LogP contribution in [0.15, 0.2) is 60.7 Å². The second kappa shape index (κ2) is 5.11. The number of nitrogens with zero attached hydrogens (tertiary/aromatic N) is 1. The van der Waals surface area contributed by atoms with Crippen LogP contribution in [0.4, 0.5) is 0 Å². The van der Waals surface area contributed by atoms with E-state index in [9.17, 15) is 0 Å². The molecule has 0 fully saturated rings. The summed E-state index contributed by atoms with van der Waals surface area (Å²) in [6.45, 7) is 2.89. The van der Waals surface area contributed by atoms with Gasteiger partial charge in [-0.25, -0.2) is 0 Å². The van der Waals surface area contributed by atoms with Crippen LogP contribution in [-0.4, -0.2) is 9.55 Å². The first kappa shape index (κ1) is 13.3. The number of hydrogen-bond donors (Lipinski definition) is 1. The zero-order chi connectivity index (χ0) is 15.1. The molecular formula is C19H16N2S. The summed E-state index contributed by atoms with van der Waals surface area (Å²) in [6, 6.07) is 21.3. The molecule has 4 aromatic rings. The number of imidazole rings is 1. The summed E-state index contributed by atoms with van der Waals surface area (Å²) in [6.07, 6.45) is 0. The zero-order valence-electron chi connectivity index (χ0n) is 12.3. The smallest absolute Gasteiger partial charge is 0.178 e. The highest BCUT2D eigenvalue weighted by Gasteiger charge is 2.07. The molecule has 1 N–H and O–H groups in total. The Hall–Kier alpha value is -2.39. The quantitative estimate of drug-likeness (QED) is 0.504. The van der Waals surface area contributed by atoms with E-state index in [-0.39, 0.29) is 0 Å². The van der Waals surface area contributed by atoms with Crippen LogP contribution >= 0.6 is 12.2 Å². The molecule has 0 aliphatic carbocycles. The molecular weight excluding hydrogens is 288 g/mol. The highest BCUT2D eigenvalue weighted by molar-refractivity contribution is 7.71. The standard InChI is InChI=1S/C19H16N2S/c1-13-9-10-17-18(11-13)21(19(22)20-17)12-15-7-4-6-14-5-2-3-8-16(14)15/h2-11H,12H2,1H3,(H,20,22). The molecule has 4 rings (SSSR count). The topological polar surface area (TPSA) is 20.7 Å². The van der Waals surface area contributed by atoms with Crippen molar-refractivity contribution in [1.29, 1.82) is 0 Å². The number of fused-ring (bicyclic) bond motifs is 2. The lowest BCUT2D eigenvalue weighted by molar-refractivity contribution is 0.816. The van der Waals surface area contributed by atoms with Gasteiger partial charge in [-0.15, -0.1) is 0 Å². The number of H-pyrrole nitrogens is 1. The molecule has 0 saturated carbocycles. The van der Waals surface area contributed by atoms with Crippen LogP contribution < -0.4 is 0 Å². The van der Waals surface area contributed by atoms with E-state index in [1.807, 2.05) is 0 Å². The molecule has 0 amide bonds. The average Bonchev–Trinajstić information content (AvgIpc) is 2.83. The summed E-state index contributed by atoms with van der Waals surface area (Å²) >= 11 is 5.53. The Bertz CT molecular complexity index is 1030. The van der Waals surface area contributed by atoms with E-state index in [4.69, 9.17) is 12.2 Å². The summed E-state index contributed by atoms with van der Waals surface area (Å²) in [5.74, 6) is 0. The molecule has 0 atom stereocenters. The third-order valence-electron chi connectivity index (χ3n) is 4.14. The maximum absolute atomic E-state index is 5.53. The number of rotatable bonds is 2. The van der Waals surface area contributed by atoms with Crippen LogP contribution in [0.2, 0.25) is 0 Å². The van der Waals surface area contributed by atoms with Crippen molar-refractivity contribution in [2.75, 3.05) is 0 Å². The molecule has 2 nitrogen and oxygen atoms in total. The molecule has 1 aromatic heterocycles. The second-order valence-electron chi connectivity index (χ2n) is 5.68. The number of benzene rings is 3. The number of nitrogens with one attached hydrogen (secondary N) is 1. The minimum Gasteiger partial charge on any atom is -0.331 e. The van der Waals surface area contributed by atoms with Crippen molar-refractivity contribution >= 4 is 34.0 Å². The lowest BCUT2D eigenvalue weighted by atomic mass is 10.0. The first-order chi connectivity index (χ1) is 10.7. The predicted molar refractivity (Wildman–Crippen MR) is 94.9 cm³/mol. The minimum absolute atomic E-state index is 0.772. The molecule has 22 heavy (non-hydrogen) atoms. The predicted octanol–water partition coefficient (Wildman–Crippen LogP) is 5.21. The Morgan fingerprint density at radius 3 is 2.73 bits per heavy atom. The van der Waals surface area contributed by atoms with Gasteiger partial charge in [0.05, 0.1) is 17.6 Å². The van der Waals surface area contributed by atoms with Crippen LogP contribution in [0, 0.1) is 11.7 Å². The van der Waals surface area contributed by atoms with Gasteiger partial charge in [0, 0.05) is 0 Å². The molecule has 0 aliphatic rings. The molecule has 0 bridgehead atoms. The van der Waals surface area contributed by atoms with E-state index < -0.39 is 0 Å². The summed E-state index contributed by atoms with van der Waals surface area (Å²) in [4.78, 5) is 3.30. The van der Waals surface area contributed by atoms with Crippen molar-refractivity contribution in [1.82, 2.24) is 9.55 Å². The van der Waals surface area contributed by atoms with E-state index >= 15 is 0 Å². The third kappa shape index (κ3) is 2.14. The van der Waals surface area contributed by atoms with Crippen molar-refractivity contribution in [3.8, 4) is 0 Å². The Balaban J connectivity index is 1.91. The Morgan fingerprint density at radius 2 is 1.82 bits per heavy atom. The first-order valence-corrected chi connectivity index (χ1v) is 7.79. The number of hydrogen-bond acceptors (Lipinski definition) is 1. The van der Waals surface area contributed by atoms with Crippen LogP contribution in [0.1, 0.15) is 11.1 Å². The van der Waals surface area contributed by atoms with Crippen LogP contribution in [0.3, 0.4) is 0 Å². The normalized spacial score (nSPS) is 11.3. The maximum atomic E-state index is 5.53. The van der Waals surface area contributed by atoms with Crippen LogP contribution in [0.25, 0.3) is 21.8 Å². The lowest BCUT2D eigenvalue weighted by Gasteiger charge is -2.09. The first-order valence-electron chi connectivity index (χ1n) is 7.38. The highest BCUT2D eigenvalue weighted by Crippen LogP contribution is 2.22. The Labute approximate surface area is 134 Å². The fraction of sp³-hybridized carbons (Fsp3) is 0.105. The highest BCUT2D eigenvalue weighted by atomic mass is 32.1. The zero-order valence-corrected chi connectivity index (χ0v) is 13.2. The number of aryl methyl sites for hydroxylation is 1. The fourth-order valence-corrected chi connectivity index (χ4v) is 3.29. The molecule has 0 spiro atoms. The van der Waals surface area contributed by atoms with Gasteiger partial charge in [0.1, 0.15) is 0 Å². The summed E-state index contributed by atoms with van der Waals surface area (Å²) in [7, 11) is 0. The van der Waals surface area contributed by atoms with Gasteiger partial charge in [-0.1, -0.05) is 48.5 Å². The number of aromatic nitrogens is 2. The fourth-order valence-electron chi connectivity index (χ4n) is 3.02. The van der Waals surface area contributed by atoms with Crippen molar-refractivity contribution in [2.24, 2.45) is 0 Å². The molecule has 0 aliphatic heterocycles. The molecule has 0 saturated heterocycles. The molecule has 108 valence electrons. The van der Waals surface area contributed by atoms with Gasteiger partial charge < -0.3 is 9.55 Å². The van der Waals surface area contributed by atoms with E-state index in [1.165, 1.54) is 21.9 Å². The van der Waals surface area contributed by atoms with Crippen molar-refractivity contribution in [2.45, 2.75) is 13.5 Å². The van der Waals surface area contributed by atoms with Gasteiger partial charge in [-0.2, -0.15) is 0 Å². The monoisotopic (exact) mass is 304 g/mol. The van der Waals surface area contributed by atoms with Crippen LogP contribution in [-0.2, 0) is 6.54 Å². The molecule has 1 heterocycles.